The standard InChI is InChI=1S/C16H25N3O3S/c1-13(2)15(17)16(20)18-9-6-10-19(12-11-18)23(21,22)14-7-4-3-5-8-14/h3-5,7-8,13,15H,6,9-12,17H2,1-2H3/t15-/m0/s1. The smallest absolute Gasteiger partial charge is 0.243 e. The van der Waals surface area contributed by atoms with Crippen molar-refractivity contribution in [1.82, 2.24) is 9.21 Å². The molecule has 1 aromatic carbocycles. The van der Waals surface area contributed by atoms with Crippen LogP contribution in [0.25, 0.3) is 0 Å². The maximum atomic E-state index is 12.7. The lowest BCUT2D eigenvalue weighted by Gasteiger charge is -2.26. The Morgan fingerprint density at radius 2 is 1.74 bits per heavy atom. The van der Waals surface area contributed by atoms with Crippen molar-refractivity contribution in [2.45, 2.75) is 31.2 Å². The minimum atomic E-state index is -3.51. The number of hydrogen-bond acceptors (Lipinski definition) is 4. The van der Waals surface area contributed by atoms with Gasteiger partial charge in [0.25, 0.3) is 0 Å². The van der Waals surface area contributed by atoms with E-state index in [0.717, 1.165) is 0 Å². The predicted octanol–water partition coefficient (Wildman–Crippen LogP) is 0.893. The fourth-order valence-electron chi connectivity index (χ4n) is 2.59. The van der Waals surface area contributed by atoms with E-state index in [4.69, 9.17) is 5.73 Å². The number of amides is 1. The summed E-state index contributed by atoms with van der Waals surface area (Å²) in [4.78, 5) is 14.3. The Balaban J connectivity index is 2.08. The molecule has 0 aliphatic carbocycles. The van der Waals surface area contributed by atoms with Gasteiger partial charge >= 0.3 is 0 Å². The highest BCUT2D eigenvalue weighted by molar-refractivity contribution is 7.89. The summed E-state index contributed by atoms with van der Waals surface area (Å²) in [5, 5.41) is 0. The van der Waals surface area contributed by atoms with E-state index < -0.39 is 16.1 Å². The van der Waals surface area contributed by atoms with Gasteiger partial charge in [0, 0.05) is 26.2 Å². The first-order chi connectivity index (χ1) is 10.8. The van der Waals surface area contributed by atoms with E-state index in [1.807, 2.05) is 13.8 Å². The van der Waals surface area contributed by atoms with Crippen LogP contribution in [0.5, 0.6) is 0 Å². The van der Waals surface area contributed by atoms with Crippen LogP contribution in [0.1, 0.15) is 20.3 Å². The monoisotopic (exact) mass is 339 g/mol. The van der Waals surface area contributed by atoms with Crippen molar-refractivity contribution in [1.29, 1.82) is 0 Å². The normalized spacial score (nSPS) is 18.7. The summed E-state index contributed by atoms with van der Waals surface area (Å²) < 4.78 is 26.8. The molecule has 2 N–H and O–H groups in total. The second-order valence-corrected chi connectivity index (χ2v) is 8.10. The number of sulfonamides is 1. The maximum Gasteiger partial charge on any atom is 0.243 e. The summed E-state index contributed by atoms with van der Waals surface area (Å²) in [6.45, 7) is 5.45. The number of hydrogen-bond donors (Lipinski definition) is 1. The molecule has 2 rings (SSSR count). The highest BCUT2D eigenvalue weighted by Crippen LogP contribution is 2.18. The molecule has 0 radical (unpaired) electrons. The minimum Gasteiger partial charge on any atom is -0.340 e. The van der Waals surface area contributed by atoms with Crippen LogP contribution >= 0.6 is 0 Å². The maximum absolute atomic E-state index is 12.7. The van der Waals surface area contributed by atoms with E-state index in [-0.39, 0.29) is 11.8 Å². The SMILES string of the molecule is CC(C)[C@H](N)C(=O)N1CCCN(S(=O)(=O)c2ccccc2)CC1. The second-order valence-electron chi connectivity index (χ2n) is 6.17. The van der Waals surface area contributed by atoms with Crippen LogP contribution in [0.4, 0.5) is 0 Å². The van der Waals surface area contributed by atoms with Crippen molar-refractivity contribution in [2.24, 2.45) is 11.7 Å². The Morgan fingerprint density at radius 3 is 2.35 bits per heavy atom. The summed E-state index contributed by atoms with van der Waals surface area (Å²) in [5.74, 6) is -0.0335. The van der Waals surface area contributed by atoms with Crippen molar-refractivity contribution in [2.75, 3.05) is 26.2 Å². The summed E-state index contributed by atoms with van der Waals surface area (Å²) in [5.41, 5.74) is 5.93. The molecule has 1 aromatic rings. The van der Waals surface area contributed by atoms with E-state index in [1.54, 1.807) is 35.2 Å². The van der Waals surface area contributed by atoms with Crippen molar-refractivity contribution in [3.05, 3.63) is 30.3 Å². The second kappa shape index (κ2) is 7.42. The molecule has 1 amide bonds. The predicted molar refractivity (Wildman–Crippen MR) is 89.2 cm³/mol. The van der Waals surface area contributed by atoms with Crippen LogP contribution < -0.4 is 5.73 Å². The molecule has 0 unspecified atom stereocenters. The third kappa shape index (κ3) is 4.10. The average Bonchev–Trinajstić information content (AvgIpc) is 2.80. The van der Waals surface area contributed by atoms with Crippen molar-refractivity contribution in [3.63, 3.8) is 0 Å². The average molecular weight is 339 g/mol. The third-order valence-corrected chi connectivity index (χ3v) is 6.06. The molecule has 128 valence electrons. The number of carbonyl (C=O) groups is 1. The lowest BCUT2D eigenvalue weighted by atomic mass is 10.0. The molecule has 1 aliphatic rings. The zero-order valence-electron chi connectivity index (χ0n) is 13.7. The Kier molecular flexibility index (Phi) is 5.78. The molecular weight excluding hydrogens is 314 g/mol. The Bertz CT molecular complexity index is 631. The van der Waals surface area contributed by atoms with E-state index >= 15 is 0 Å². The van der Waals surface area contributed by atoms with E-state index in [2.05, 4.69) is 0 Å². The summed E-state index contributed by atoms with van der Waals surface area (Å²) in [6, 6.07) is 7.86. The van der Waals surface area contributed by atoms with Gasteiger partial charge in [-0.05, 0) is 24.5 Å². The van der Waals surface area contributed by atoms with E-state index in [9.17, 15) is 13.2 Å². The Hall–Kier alpha value is -1.44. The van der Waals surface area contributed by atoms with E-state index in [0.29, 0.717) is 37.5 Å². The number of benzene rings is 1. The lowest BCUT2D eigenvalue weighted by Crippen LogP contribution is -2.47. The van der Waals surface area contributed by atoms with Gasteiger partial charge in [-0.15, -0.1) is 0 Å². The lowest BCUT2D eigenvalue weighted by molar-refractivity contribution is -0.133. The largest absolute Gasteiger partial charge is 0.340 e. The fraction of sp³-hybridized carbons (Fsp3) is 0.562. The fourth-order valence-corrected chi connectivity index (χ4v) is 4.08. The first kappa shape index (κ1) is 17.9. The van der Waals surface area contributed by atoms with Gasteiger partial charge in [-0.1, -0.05) is 32.0 Å². The Labute approximate surface area is 138 Å². The van der Waals surface area contributed by atoms with Gasteiger partial charge in [-0.3, -0.25) is 4.79 Å². The van der Waals surface area contributed by atoms with Crippen molar-refractivity contribution >= 4 is 15.9 Å². The number of carbonyl (C=O) groups excluding carboxylic acids is 1. The molecule has 0 saturated carbocycles. The topological polar surface area (TPSA) is 83.7 Å². The first-order valence-electron chi connectivity index (χ1n) is 7.93. The van der Waals surface area contributed by atoms with Gasteiger partial charge in [-0.2, -0.15) is 4.31 Å². The van der Waals surface area contributed by atoms with Crippen LogP contribution in [0.15, 0.2) is 35.2 Å². The molecule has 1 atom stereocenters. The summed E-state index contributed by atoms with van der Waals surface area (Å²) >= 11 is 0. The molecule has 1 saturated heterocycles. The Morgan fingerprint density at radius 1 is 1.09 bits per heavy atom. The molecule has 1 aliphatic heterocycles. The highest BCUT2D eigenvalue weighted by Gasteiger charge is 2.30. The number of nitrogens with two attached hydrogens (primary N) is 1. The van der Waals surface area contributed by atoms with Crippen LogP contribution in [-0.4, -0.2) is 55.8 Å². The highest BCUT2D eigenvalue weighted by atomic mass is 32.2. The van der Waals surface area contributed by atoms with Crippen molar-refractivity contribution in [3.8, 4) is 0 Å². The van der Waals surface area contributed by atoms with Crippen LogP contribution in [0, 0.1) is 5.92 Å². The van der Waals surface area contributed by atoms with E-state index in [1.165, 1.54) is 4.31 Å². The zero-order chi connectivity index (χ0) is 17.0. The molecule has 23 heavy (non-hydrogen) atoms. The quantitative estimate of drug-likeness (QED) is 0.883. The molecule has 1 fully saturated rings. The van der Waals surface area contributed by atoms with Gasteiger partial charge < -0.3 is 10.6 Å². The molecule has 0 bridgehead atoms. The van der Waals surface area contributed by atoms with Gasteiger partial charge in [-0.25, -0.2) is 8.42 Å². The first-order valence-corrected chi connectivity index (χ1v) is 9.37. The van der Waals surface area contributed by atoms with Crippen LogP contribution in [-0.2, 0) is 14.8 Å². The van der Waals surface area contributed by atoms with Gasteiger partial charge in [0.05, 0.1) is 10.9 Å². The summed E-state index contributed by atoms with van der Waals surface area (Å²) in [7, 11) is -3.51. The number of rotatable bonds is 4. The molecular formula is C16H25N3O3S. The molecule has 0 spiro atoms. The van der Waals surface area contributed by atoms with Gasteiger partial charge in [0.1, 0.15) is 0 Å². The molecule has 0 aromatic heterocycles. The number of nitrogens with zero attached hydrogens (tertiary/aromatic N) is 2. The minimum absolute atomic E-state index is 0.0647. The molecule has 6 nitrogen and oxygen atoms in total. The zero-order valence-corrected chi connectivity index (χ0v) is 14.5. The molecule has 7 heteroatoms. The van der Waals surface area contributed by atoms with Gasteiger partial charge in [0.15, 0.2) is 0 Å². The summed E-state index contributed by atoms with van der Waals surface area (Å²) in [6.07, 6.45) is 0.614. The van der Waals surface area contributed by atoms with Gasteiger partial charge in [0.2, 0.25) is 15.9 Å². The van der Waals surface area contributed by atoms with Crippen molar-refractivity contribution < 1.29 is 13.2 Å². The third-order valence-electron chi connectivity index (χ3n) is 4.15. The van der Waals surface area contributed by atoms with Crippen LogP contribution in [0.2, 0.25) is 0 Å². The molecule has 1 heterocycles. The van der Waals surface area contributed by atoms with Crippen LogP contribution in [0.3, 0.4) is 0 Å².